The Hall–Kier alpha value is -2.61. The van der Waals surface area contributed by atoms with Crippen LogP contribution in [0.2, 0.25) is 0 Å². The van der Waals surface area contributed by atoms with Crippen molar-refractivity contribution < 1.29 is 21.3 Å². The summed E-state index contributed by atoms with van der Waals surface area (Å²) >= 11 is 0. The predicted octanol–water partition coefficient (Wildman–Crippen LogP) is 20.4. The number of allylic oxidation sites excluding steroid dienone is 2. The first kappa shape index (κ1) is 64.5. The second kappa shape index (κ2) is 50.8. The average Bonchev–Trinajstić information content (AvgIpc) is 3.31. The fraction of sp³-hybridized carbons (Fsp3) is 0.677. The van der Waals surface area contributed by atoms with E-state index in [1.807, 2.05) is 0 Å². The zero-order valence-electron chi connectivity index (χ0n) is 43.7. The Morgan fingerprint density at radius 2 is 0.923 bits per heavy atom. The van der Waals surface area contributed by atoms with Crippen LogP contribution in [0, 0.1) is 25.7 Å². The molecule has 0 aliphatic carbocycles. The van der Waals surface area contributed by atoms with Crippen molar-refractivity contribution in [2.24, 2.45) is 0 Å². The molecule has 2 aromatic carbocycles. The third-order valence-electron chi connectivity index (χ3n) is 12.2. The van der Waals surface area contributed by atoms with Crippen LogP contribution in [0.25, 0.3) is 11.1 Å². The fourth-order valence-electron chi connectivity index (χ4n) is 8.11. The Morgan fingerprint density at radius 3 is 1.38 bits per heavy atom. The summed E-state index contributed by atoms with van der Waals surface area (Å²) in [5.41, 5.74) is 18.2. The van der Waals surface area contributed by atoms with Crippen LogP contribution in [0.3, 0.4) is 0 Å². The molecule has 0 atom stereocenters. The summed E-state index contributed by atoms with van der Waals surface area (Å²) in [7, 11) is 0. The van der Waals surface area contributed by atoms with Crippen LogP contribution in [0.1, 0.15) is 282 Å². The summed E-state index contributed by atoms with van der Waals surface area (Å²) in [6, 6.07) is 18.4. The zero-order chi connectivity index (χ0) is 47.0. The van der Waals surface area contributed by atoms with Gasteiger partial charge in [0.2, 0.25) is 0 Å². The minimum Gasteiger partial charge on any atom is -0.348 e. The Bertz CT molecular complexity index is 1500. The number of nitrogens with zero attached hydrogens (tertiary/aromatic N) is 2. The molecule has 0 aliphatic heterocycles. The summed E-state index contributed by atoms with van der Waals surface area (Å²) in [6.07, 6.45) is 45.4. The van der Waals surface area contributed by atoms with Gasteiger partial charge < -0.3 is 19.4 Å². The van der Waals surface area contributed by atoms with Gasteiger partial charge in [-0.1, -0.05) is 269 Å². The van der Waals surface area contributed by atoms with E-state index in [-0.39, 0.29) is 16.5 Å². The SMILES string of the molecule is CCCCCCCCCCCCCCCCCC#CC(=C=[N+]=[N-])C(CCCCC)=C(c1ccc(CCCC)cc1)c1cccc(CCCCCCCC)c1.[CH2-]CCCC.[CH2-]CCCC.[Ni+2]. The van der Waals surface area contributed by atoms with E-state index in [4.69, 9.17) is 0 Å². The van der Waals surface area contributed by atoms with E-state index in [0.29, 0.717) is 0 Å². The Morgan fingerprint density at radius 1 is 0.477 bits per heavy atom. The number of hydrogen-bond acceptors (Lipinski definition) is 0. The average molecular weight is 934 g/mol. The molecule has 0 aliphatic rings. The molecule has 65 heavy (non-hydrogen) atoms. The van der Waals surface area contributed by atoms with E-state index in [9.17, 15) is 5.53 Å². The van der Waals surface area contributed by atoms with Crippen LogP contribution in [-0.4, -0.2) is 10.7 Å². The van der Waals surface area contributed by atoms with Crippen molar-refractivity contribution in [3.8, 4) is 11.8 Å². The molecular weight excluding hydrogens is 831 g/mol. The molecule has 0 saturated heterocycles. The third kappa shape index (κ3) is 37.1. The molecule has 0 N–H and O–H groups in total. The monoisotopic (exact) mass is 933 g/mol. The quantitative estimate of drug-likeness (QED) is 0.00954. The van der Waals surface area contributed by atoms with Gasteiger partial charge in [-0.3, -0.25) is 0 Å². The van der Waals surface area contributed by atoms with Crippen LogP contribution < -0.4 is 0 Å². The molecule has 0 saturated carbocycles. The summed E-state index contributed by atoms with van der Waals surface area (Å²) in [5.74, 6) is 9.92. The molecule has 2 nitrogen and oxygen atoms in total. The van der Waals surface area contributed by atoms with Crippen molar-refractivity contribution in [3.63, 3.8) is 0 Å². The Kier molecular flexibility index (Phi) is 50.4. The summed E-state index contributed by atoms with van der Waals surface area (Å²) in [4.78, 5) is 3.46. The van der Waals surface area contributed by atoms with E-state index in [1.165, 1.54) is 195 Å². The van der Waals surface area contributed by atoms with Gasteiger partial charge in [0.15, 0.2) is 5.57 Å². The van der Waals surface area contributed by atoms with Crippen molar-refractivity contribution >= 4 is 11.4 Å². The molecule has 0 unspecified atom stereocenters. The third-order valence-corrected chi connectivity index (χ3v) is 12.2. The van der Waals surface area contributed by atoms with Gasteiger partial charge in [0.05, 0.1) is 0 Å². The predicted molar refractivity (Wildman–Crippen MR) is 288 cm³/mol. The second-order valence-corrected chi connectivity index (χ2v) is 18.3. The maximum Gasteiger partial charge on any atom is 2.00 e. The van der Waals surface area contributed by atoms with Crippen LogP contribution in [-0.2, 0) is 29.3 Å². The first-order chi connectivity index (χ1) is 31.5. The van der Waals surface area contributed by atoms with Crippen molar-refractivity contribution in [1.82, 2.24) is 0 Å². The molecule has 0 radical (unpaired) electrons. The number of benzene rings is 2. The largest absolute Gasteiger partial charge is 2.00 e. The number of hydrogen-bond donors (Lipinski definition) is 0. The van der Waals surface area contributed by atoms with Crippen molar-refractivity contribution in [2.45, 2.75) is 273 Å². The van der Waals surface area contributed by atoms with Crippen LogP contribution in [0.4, 0.5) is 0 Å². The summed E-state index contributed by atoms with van der Waals surface area (Å²) in [5, 5.41) is 0. The minimum atomic E-state index is 0. The molecular formula is C62H102N2Ni. The molecule has 0 aromatic heterocycles. The van der Waals surface area contributed by atoms with Crippen LogP contribution >= 0.6 is 0 Å². The molecule has 0 bridgehead atoms. The Balaban J connectivity index is 0. The van der Waals surface area contributed by atoms with Gasteiger partial charge in [-0.05, 0) is 78.3 Å². The van der Waals surface area contributed by atoms with E-state index < -0.39 is 0 Å². The molecule has 0 amide bonds. The van der Waals surface area contributed by atoms with E-state index in [2.05, 4.69) is 126 Å². The molecule has 0 fully saturated rings. The van der Waals surface area contributed by atoms with Crippen LogP contribution in [0.5, 0.6) is 0 Å². The van der Waals surface area contributed by atoms with Gasteiger partial charge in [0.25, 0.3) is 0 Å². The van der Waals surface area contributed by atoms with Gasteiger partial charge in [0, 0.05) is 6.42 Å². The number of unbranched alkanes of at least 4 members (excludes halogenated alkanes) is 27. The van der Waals surface area contributed by atoms with Gasteiger partial charge in [-0.15, -0.1) is 4.79 Å². The van der Waals surface area contributed by atoms with Gasteiger partial charge in [0.1, 0.15) is 0 Å². The first-order valence-electron chi connectivity index (χ1n) is 27.5. The van der Waals surface area contributed by atoms with Gasteiger partial charge in [-0.25, -0.2) is 0 Å². The van der Waals surface area contributed by atoms with Crippen molar-refractivity contribution in [2.75, 3.05) is 0 Å². The zero-order valence-corrected chi connectivity index (χ0v) is 44.7. The van der Waals surface area contributed by atoms with E-state index >= 15 is 0 Å². The molecule has 2 aromatic rings. The number of rotatable bonds is 36. The fourth-order valence-corrected chi connectivity index (χ4v) is 8.11. The van der Waals surface area contributed by atoms with E-state index in [1.54, 1.807) is 0 Å². The topological polar surface area (TPSA) is 36.4 Å². The van der Waals surface area contributed by atoms with E-state index in [0.717, 1.165) is 75.4 Å². The molecule has 3 heteroatoms. The normalized spacial score (nSPS) is 10.8. The molecule has 2 rings (SSSR count). The maximum atomic E-state index is 9.86. The summed E-state index contributed by atoms with van der Waals surface area (Å²) < 4.78 is 0. The van der Waals surface area contributed by atoms with Crippen molar-refractivity contribution in [3.05, 3.63) is 101 Å². The summed E-state index contributed by atoms with van der Waals surface area (Å²) in [6.45, 7) is 20.8. The van der Waals surface area contributed by atoms with Crippen molar-refractivity contribution in [1.29, 1.82) is 0 Å². The molecule has 0 spiro atoms. The molecule has 0 heterocycles. The Labute approximate surface area is 416 Å². The van der Waals surface area contributed by atoms with Gasteiger partial charge in [-0.2, -0.15) is 12.8 Å². The second-order valence-electron chi connectivity index (χ2n) is 18.3. The maximum absolute atomic E-state index is 9.86. The van der Waals surface area contributed by atoms with Gasteiger partial charge >= 0.3 is 22.4 Å². The minimum absolute atomic E-state index is 0. The standard InChI is InChI=1S/C52H80N2.2C5H11.Ni/c1-5-9-13-15-17-18-19-20-21-22-23-24-25-26-27-29-32-37-50(45-54-53)51(39-30-11-7-3)52(48-42-40-46(41-43-48)34-12-8-4)49-38-33-36-47(44-49)35-31-28-16-14-10-6-2;2*1-3-5-4-2;/h33,36,38,40-44H,5-31,34-35,39H2,1-4H3;2*1,3-5H2,2H3;/q;2*-1;+2. The smallest absolute Gasteiger partial charge is 0.348 e. The number of aryl methyl sites for hydroxylation is 2. The first-order valence-corrected chi connectivity index (χ1v) is 27.5. The molecule has 370 valence electrons. The van der Waals surface area contributed by atoms with Crippen LogP contribution in [0.15, 0.2) is 59.7 Å².